The number of nitrogens with zero attached hydrogens (tertiary/aromatic N) is 4. The van der Waals surface area contributed by atoms with Crippen LogP contribution >= 0.6 is 11.6 Å². The van der Waals surface area contributed by atoms with E-state index >= 15 is 0 Å². The Hall–Kier alpha value is -2.72. The van der Waals surface area contributed by atoms with Crippen molar-refractivity contribution in [2.45, 2.75) is 0 Å². The summed E-state index contributed by atoms with van der Waals surface area (Å²) in [5, 5.41) is 12.4. The molecule has 0 fully saturated rings. The van der Waals surface area contributed by atoms with Crippen LogP contribution in [0.25, 0.3) is 17.8 Å². The topological polar surface area (TPSA) is 43.6 Å². The predicted molar refractivity (Wildman–Crippen MR) is 88.7 cm³/mol. The fraction of sp³-hybridized carbons (Fsp3) is 0. The van der Waals surface area contributed by atoms with Gasteiger partial charge >= 0.3 is 0 Å². The zero-order valence-corrected chi connectivity index (χ0v) is 12.4. The zero-order valence-electron chi connectivity index (χ0n) is 11.7. The number of hydrogen-bond donors (Lipinski definition) is 0. The Balaban J connectivity index is 1.76. The SMILES string of the molecule is Clc1ccc(-n2nnnc2/C=C/C=C\c2ccccc2)cc1. The van der Waals surface area contributed by atoms with Gasteiger partial charge in [-0.2, -0.15) is 4.68 Å². The van der Waals surface area contributed by atoms with Crippen molar-refractivity contribution in [3.05, 3.63) is 83.2 Å². The van der Waals surface area contributed by atoms with Crippen molar-refractivity contribution >= 4 is 23.8 Å². The molecular weight excluding hydrogens is 296 g/mol. The van der Waals surface area contributed by atoms with Gasteiger partial charge in [0.15, 0.2) is 5.82 Å². The van der Waals surface area contributed by atoms with E-state index in [9.17, 15) is 0 Å². The van der Waals surface area contributed by atoms with Crippen LogP contribution in [-0.4, -0.2) is 20.2 Å². The van der Waals surface area contributed by atoms with Crippen LogP contribution in [0.5, 0.6) is 0 Å². The van der Waals surface area contributed by atoms with Gasteiger partial charge in [0.05, 0.1) is 5.69 Å². The molecule has 22 heavy (non-hydrogen) atoms. The van der Waals surface area contributed by atoms with Crippen LogP contribution in [0, 0.1) is 0 Å². The number of tetrazole rings is 1. The average molecular weight is 309 g/mol. The molecule has 0 saturated carbocycles. The van der Waals surface area contributed by atoms with E-state index in [-0.39, 0.29) is 0 Å². The first kappa shape index (κ1) is 14.2. The van der Waals surface area contributed by atoms with Gasteiger partial charge in [0, 0.05) is 5.02 Å². The highest BCUT2D eigenvalue weighted by Gasteiger charge is 2.04. The first-order valence-electron chi connectivity index (χ1n) is 6.77. The van der Waals surface area contributed by atoms with Crippen LogP contribution in [0.1, 0.15) is 11.4 Å². The molecule has 2 aromatic carbocycles. The summed E-state index contributed by atoms with van der Waals surface area (Å²) in [5.41, 5.74) is 2.01. The van der Waals surface area contributed by atoms with E-state index in [0.717, 1.165) is 11.3 Å². The fourth-order valence-corrected chi connectivity index (χ4v) is 2.06. The third-order valence-electron chi connectivity index (χ3n) is 3.01. The highest BCUT2D eigenvalue weighted by molar-refractivity contribution is 6.30. The Bertz CT molecular complexity index is 789. The molecule has 0 aliphatic heterocycles. The molecule has 0 aliphatic rings. The molecular formula is C17H13ClN4. The van der Waals surface area contributed by atoms with Crippen LogP contribution in [0.4, 0.5) is 0 Å². The maximum atomic E-state index is 5.89. The normalized spacial score (nSPS) is 11.5. The van der Waals surface area contributed by atoms with Gasteiger partial charge in [0.1, 0.15) is 0 Å². The van der Waals surface area contributed by atoms with Crippen LogP contribution in [0.15, 0.2) is 66.7 Å². The standard InChI is InChI=1S/C17H13ClN4/c18-15-10-12-16(13-11-15)22-17(19-20-21-22)9-5-4-8-14-6-2-1-3-7-14/h1-13H/b8-4-,9-5+. The summed E-state index contributed by atoms with van der Waals surface area (Å²) in [6, 6.07) is 17.4. The predicted octanol–water partition coefficient (Wildman–Crippen LogP) is 4.04. The number of benzene rings is 2. The molecule has 0 amide bonds. The number of halogens is 1. The van der Waals surface area contributed by atoms with Crippen molar-refractivity contribution in [1.82, 2.24) is 20.2 Å². The highest BCUT2D eigenvalue weighted by Crippen LogP contribution is 2.14. The Morgan fingerprint density at radius 1 is 0.864 bits per heavy atom. The van der Waals surface area contributed by atoms with E-state index < -0.39 is 0 Å². The molecule has 0 bridgehead atoms. The van der Waals surface area contributed by atoms with Crippen molar-refractivity contribution in [3.63, 3.8) is 0 Å². The van der Waals surface area contributed by atoms with Crippen LogP contribution in [-0.2, 0) is 0 Å². The van der Waals surface area contributed by atoms with E-state index in [1.165, 1.54) is 0 Å². The quantitative estimate of drug-likeness (QED) is 0.683. The summed E-state index contributed by atoms with van der Waals surface area (Å²) < 4.78 is 1.66. The third-order valence-corrected chi connectivity index (χ3v) is 3.26. The number of hydrogen-bond acceptors (Lipinski definition) is 3. The van der Waals surface area contributed by atoms with Crippen molar-refractivity contribution in [3.8, 4) is 5.69 Å². The Morgan fingerprint density at radius 2 is 1.59 bits per heavy atom. The second-order valence-corrected chi connectivity index (χ2v) is 4.99. The summed E-state index contributed by atoms with van der Waals surface area (Å²) in [6.45, 7) is 0. The largest absolute Gasteiger partial charge is 0.193 e. The molecule has 1 heterocycles. The number of rotatable bonds is 4. The second-order valence-electron chi connectivity index (χ2n) is 4.55. The molecule has 4 nitrogen and oxygen atoms in total. The average Bonchev–Trinajstić information content (AvgIpc) is 3.02. The number of aromatic nitrogens is 4. The molecule has 0 spiro atoms. The van der Waals surface area contributed by atoms with Crippen molar-refractivity contribution in [2.75, 3.05) is 0 Å². The van der Waals surface area contributed by atoms with Crippen molar-refractivity contribution < 1.29 is 0 Å². The fourth-order valence-electron chi connectivity index (χ4n) is 1.94. The lowest BCUT2D eigenvalue weighted by molar-refractivity contribution is 0.787. The van der Waals surface area contributed by atoms with Crippen molar-refractivity contribution in [2.24, 2.45) is 0 Å². The number of allylic oxidation sites excluding steroid dienone is 2. The maximum absolute atomic E-state index is 5.89. The monoisotopic (exact) mass is 308 g/mol. The molecule has 108 valence electrons. The van der Waals surface area contributed by atoms with E-state index in [1.807, 2.05) is 66.8 Å². The maximum Gasteiger partial charge on any atom is 0.179 e. The molecule has 0 atom stereocenters. The summed E-state index contributed by atoms with van der Waals surface area (Å²) >= 11 is 5.89. The minimum absolute atomic E-state index is 0.653. The summed E-state index contributed by atoms with van der Waals surface area (Å²) in [5.74, 6) is 0.653. The van der Waals surface area contributed by atoms with E-state index in [4.69, 9.17) is 11.6 Å². The lowest BCUT2D eigenvalue weighted by atomic mass is 10.2. The smallest absolute Gasteiger partial charge is 0.179 e. The van der Waals surface area contributed by atoms with Crippen LogP contribution in [0.2, 0.25) is 5.02 Å². The van der Waals surface area contributed by atoms with Gasteiger partial charge in [-0.1, -0.05) is 60.2 Å². The molecule has 0 saturated heterocycles. The van der Waals surface area contributed by atoms with E-state index in [2.05, 4.69) is 15.5 Å². The van der Waals surface area contributed by atoms with Gasteiger partial charge in [-0.25, -0.2) is 0 Å². The Morgan fingerprint density at radius 3 is 2.36 bits per heavy atom. The van der Waals surface area contributed by atoms with Crippen LogP contribution in [0.3, 0.4) is 0 Å². The molecule has 0 aliphatic carbocycles. The van der Waals surface area contributed by atoms with Gasteiger partial charge in [0.2, 0.25) is 0 Å². The third kappa shape index (κ3) is 3.48. The van der Waals surface area contributed by atoms with Crippen LogP contribution < -0.4 is 0 Å². The minimum atomic E-state index is 0.653. The molecule has 5 heteroatoms. The van der Waals surface area contributed by atoms with Crippen molar-refractivity contribution in [1.29, 1.82) is 0 Å². The summed E-state index contributed by atoms with van der Waals surface area (Å²) in [4.78, 5) is 0. The molecule has 3 rings (SSSR count). The van der Waals surface area contributed by atoms with E-state index in [1.54, 1.807) is 16.8 Å². The summed E-state index contributed by atoms with van der Waals surface area (Å²) in [7, 11) is 0. The first-order chi connectivity index (χ1) is 10.8. The molecule has 0 N–H and O–H groups in total. The lowest BCUT2D eigenvalue weighted by Gasteiger charge is -2.01. The van der Waals surface area contributed by atoms with Gasteiger partial charge in [-0.05, 0) is 46.3 Å². The van der Waals surface area contributed by atoms with Gasteiger partial charge < -0.3 is 0 Å². The van der Waals surface area contributed by atoms with E-state index in [0.29, 0.717) is 10.8 Å². The Kier molecular flexibility index (Phi) is 4.41. The zero-order chi connectivity index (χ0) is 15.2. The molecule has 0 unspecified atom stereocenters. The highest BCUT2D eigenvalue weighted by atomic mass is 35.5. The van der Waals surface area contributed by atoms with Gasteiger partial charge in [-0.15, -0.1) is 5.10 Å². The minimum Gasteiger partial charge on any atom is -0.193 e. The summed E-state index contributed by atoms with van der Waals surface area (Å²) in [6.07, 6.45) is 7.74. The Labute approximate surface area is 133 Å². The second kappa shape index (κ2) is 6.83. The molecule has 3 aromatic rings. The molecule has 1 aromatic heterocycles. The van der Waals surface area contributed by atoms with Gasteiger partial charge in [0.25, 0.3) is 0 Å². The first-order valence-corrected chi connectivity index (χ1v) is 7.15. The van der Waals surface area contributed by atoms with Gasteiger partial charge in [-0.3, -0.25) is 0 Å². The lowest BCUT2D eigenvalue weighted by Crippen LogP contribution is -1.98. The molecule has 0 radical (unpaired) electrons.